The number of hydrogen-bond donors (Lipinski definition) is 2. The van der Waals surface area contributed by atoms with Gasteiger partial charge in [-0.1, -0.05) is 18.2 Å². The van der Waals surface area contributed by atoms with E-state index in [1.807, 2.05) is 47.4 Å². The molecule has 1 saturated heterocycles. The van der Waals surface area contributed by atoms with Gasteiger partial charge in [-0.2, -0.15) is 0 Å². The zero-order valence-electron chi connectivity index (χ0n) is 14.6. The lowest BCUT2D eigenvalue weighted by molar-refractivity contribution is 0.0554. The van der Waals surface area contributed by atoms with Crippen molar-refractivity contribution in [3.05, 3.63) is 60.6 Å². The summed E-state index contributed by atoms with van der Waals surface area (Å²) in [6.45, 7) is 2.60. The number of aromatic amines is 1. The molecule has 3 heterocycles. The molecule has 1 atom stereocenters. The van der Waals surface area contributed by atoms with Crippen LogP contribution in [0.3, 0.4) is 0 Å². The Bertz CT molecular complexity index is 839. The molecule has 3 aromatic rings. The molecule has 0 radical (unpaired) electrons. The molecule has 1 fully saturated rings. The summed E-state index contributed by atoms with van der Waals surface area (Å²) >= 11 is 0. The Hall–Kier alpha value is -2.28. The molecule has 1 aliphatic rings. The number of fused-ring (bicyclic) bond motifs is 1. The van der Waals surface area contributed by atoms with E-state index in [-0.39, 0.29) is 36.8 Å². The maximum Gasteiger partial charge on any atom is 0.270 e. The first-order valence-corrected chi connectivity index (χ1v) is 8.43. The highest BCUT2D eigenvalue weighted by Crippen LogP contribution is 2.18. The maximum atomic E-state index is 13.0. The Morgan fingerprint density at radius 2 is 2.07 bits per heavy atom. The predicted octanol–water partition coefficient (Wildman–Crippen LogP) is 2.90. The Morgan fingerprint density at radius 1 is 1.22 bits per heavy atom. The van der Waals surface area contributed by atoms with Crippen LogP contribution in [0.1, 0.15) is 10.5 Å². The number of nitrogens with one attached hydrogen (secondary N) is 2. The lowest BCUT2D eigenvalue weighted by Crippen LogP contribution is -2.56. The molecule has 2 aromatic heterocycles. The van der Waals surface area contributed by atoms with Crippen molar-refractivity contribution in [2.24, 2.45) is 0 Å². The van der Waals surface area contributed by atoms with Gasteiger partial charge in [0.15, 0.2) is 0 Å². The SMILES string of the molecule is Cl.Cl.O=C(c1cc2ccccc2[nH]1)N1CCNCC1COc1cccnc1. The highest BCUT2D eigenvalue weighted by Gasteiger charge is 2.28. The molecule has 0 saturated carbocycles. The van der Waals surface area contributed by atoms with Crippen LogP contribution in [0.15, 0.2) is 54.9 Å². The lowest BCUT2D eigenvalue weighted by atomic mass is 10.2. The second kappa shape index (κ2) is 9.60. The number of hydrogen-bond acceptors (Lipinski definition) is 4. The third kappa shape index (κ3) is 4.71. The van der Waals surface area contributed by atoms with Crippen molar-refractivity contribution in [1.82, 2.24) is 20.2 Å². The number of pyridine rings is 1. The summed E-state index contributed by atoms with van der Waals surface area (Å²) in [6, 6.07) is 13.5. The monoisotopic (exact) mass is 408 g/mol. The van der Waals surface area contributed by atoms with E-state index in [1.54, 1.807) is 12.4 Å². The number of halogens is 2. The fourth-order valence-electron chi connectivity index (χ4n) is 3.15. The zero-order chi connectivity index (χ0) is 17.1. The standard InChI is InChI=1S/C19H20N4O2.2ClH/c24-19(18-10-14-4-1-2-6-17(14)22-18)23-9-8-21-11-15(23)13-25-16-5-3-7-20-12-16;;/h1-7,10,12,15,21-22H,8-9,11,13H2;2*1H. The number of rotatable bonds is 4. The number of aromatic nitrogens is 2. The zero-order valence-corrected chi connectivity index (χ0v) is 16.3. The summed E-state index contributed by atoms with van der Waals surface area (Å²) in [5.41, 5.74) is 1.60. The second-order valence-corrected chi connectivity index (χ2v) is 6.13. The van der Waals surface area contributed by atoms with E-state index < -0.39 is 0 Å². The fourth-order valence-corrected chi connectivity index (χ4v) is 3.15. The van der Waals surface area contributed by atoms with Gasteiger partial charge in [-0.15, -0.1) is 24.8 Å². The van der Waals surface area contributed by atoms with Gasteiger partial charge in [0.1, 0.15) is 18.1 Å². The number of ether oxygens (including phenoxy) is 1. The lowest BCUT2D eigenvalue weighted by Gasteiger charge is -2.35. The van der Waals surface area contributed by atoms with Crippen LogP contribution in [0.25, 0.3) is 10.9 Å². The molecule has 0 bridgehead atoms. The molecule has 8 heteroatoms. The number of benzene rings is 1. The van der Waals surface area contributed by atoms with Crippen LogP contribution in [-0.4, -0.2) is 53.1 Å². The van der Waals surface area contributed by atoms with Crippen molar-refractivity contribution in [2.75, 3.05) is 26.2 Å². The quantitative estimate of drug-likeness (QED) is 0.695. The molecule has 6 nitrogen and oxygen atoms in total. The van der Waals surface area contributed by atoms with E-state index in [0.29, 0.717) is 31.1 Å². The molecule has 4 rings (SSSR count). The predicted molar refractivity (Wildman–Crippen MR) is 110 cm³/mol. The van der Waals surface area contributed by atoms with Crippen molar-refractivity contribution in [3.63, 3.8) is 0 Å². The third-order valence-electron chi connectivity index (χ3n) is 4.45. The average molecular weight is 409 g/mol. The number of amides is 1. The second-order valence-electron chi connectivity index (χ2n) is 6.13. The van der Waals surface area contributed by atoms with Gasteiger partial charge < -0.3 is 19.9 Å². The number of carbonyl (C=O) groups is 1. The number of carbonyl (C=O) groups excluding carboxylic acids is 1. The summed E-state index contributed by atoms with van der Waals surface area (Å²) in [4.78, 5) is 22.1. The van der Waals surface area contributed by atoms with Gasteiger partial charge in [0.2, 0.25) is 0 Å². The molecule has 1 unspecified atom stereocenters. The van der Waals surface area contributed by atoms with Gasteiger partial charge in [0.05, 0.1) is 12.2 Å². The summed E-state index contributed by atoms with van der Waals surface area (Å²) in [7, 11) is 0. The molecule has 1 aliphatic heterocycles. The minimum Gasteiger partial charge on any atom is -0.490 e. The van der Waals surface area contributed by atoms with Gasteiger partial charge in [0.25, 0.3) is 5.91 Å². The van der Waals surface area contributed by atoms with Gasteiger partial charge in [-0.3, -0.25) is 9.78 Å². The van der Waals surface area contributed by atoms with Crippen LogP contribution >= 0.6 is 24.8 Å². The molecule has 1 aromatic carbocycles. The summed E-state index contributed by atoms with van der Waals surface area (Å²) in [5.74, 6) is 0.726. The van der Waals surface area contributed by atoms with E-state index in [0.717, 1.165) is 17.4 Å². The molecular formula is C19H22Cl2N4O2. The summed E-state index contributed by atoms with van der Waals surface area (Å²) < 4.78 is 5.81. The maximum absolute atomic E-state index is 13.0. The smallest absolute Gasteiger partial charge is 0.270 e. The van der Waals surface area contributed by atoms with Crippen LogP contribution in [-0.2, 0) is 0 Å². The normalized spacial score (nSPS) is 16.3. The van der Waals surface area contributed by atoms with Crippen LogP contribution in [0.2, 0.25) is 0 Å². The van der Waals surface area contributed by atoms with Crippen LogP contribution in [0, 0.1) is 0 Å². The van der Waals surface area contributed by atoms with Crippen molar-refractivity contribution in [2.45, 2.75) is 6.04 Å². The highest BCUT2D eigenvalue weighted by atomic mass is 35.5. The first-order valence-electron chi connectivity index (χ1n) is 8.43. The molecular weight excluding hydrogens is 387 g/mol. The minimum absolute atomic E-state index is 0. The third-order valence-corrected chi connectivity index (χ3v) is 4.45. The average Bonchev–Trinajstić information content (AvgIpc) is 3.11. The van der Waals surface area contributed by atoms with Gasteiger partial charge in [-0.25, -0.2) is 0 Å². The van der Waals surface area contributed by atoms with Gasteiger partial charge in [-0.05, 0) is 24.3 Å². The van der Waals surface area contributed by atoms with E-state index in [2.05, 4.69) is 15.3 Å². The van der Waals surface area contributed by atoms with E-state index in [4.69, 9.17) is 4.74 Å². The molecule has 2 N–H and O–H groups in total. The van der Waals surface area contributed by atoms with E-state index in [9.17, 15) is 4.79 Å². The topological polar surface area (TPSA) is 70.2 Å². The molecule has 0 aliphatic carbocycles. The fraction of sp³-hybridized carbons (Fsp3) is 0.263. The first-order chi connectivity index (χ1) is 12.3. The highest BCUT2D eigenvalue weighted by molar-refractivity contribution is 5.98. The summed E-state index contributed by atoms with van der Waals surface area (Å²) in [6.07, 6.45) is 3.39. The molecule has 0 spiro atoms. The van der Waals surface area contributed by atoms with Gasteiger partial charge in [0, 0.05) is 36.7 Å². The van der Waals surface area contributed by atoms with E-state index >= 15 is 0 Å². The van der Waals surface area contributed by atoms with Crippen molar-refractivity contribution in [1.29, 1.82) is 0 Å². The van der Waals surface area contributed by atoms with Crippen molar-refractivity contribution < 1.29 is 9.53 Å². The number of para-hydroxylation sites is 1. The molecule has 144 valence electrons. The van der Waals surface area contributed by atoms with Gasteiger partial charge >= 0.3 is 0 Å². The number of H-pyrrole nitrogens is 1. The summed E-state index contributed by atoms with van der Waals surface area (Å²) in [5, 5.41) is 4.38. The molecule has 1 amide bonds. The number of nitrogens with zero attached hydrogens (tertiary/aromatic N) is 2. The minimum atomic E-state index is -0.0205. The van der Waals surface area contributed by atoms with Crippen molar-refractivity contribution >= 4 is 41.6 Å². The first kappa shape index (κ1) is 21.0. The van der Waals surface area contributed by atoms with Crippen LogP contribution in [0.4, 0.5) is 0 Å². The van der Waals surface area contributed by atoms with Crippen LogP contribution in [0.5, 0.6) is 5.75 Å². The Kier molecular flexibility index (Phi) is 7.47. The van der Waals surface area contributed by atoms with E-state index in [1.165, 1.54) is 0 Å². The van der Waals surface area contributed by atoms with Crippen LogP contribution < -0.4 is 10.1 Å². The van der Waals surface area contributed by atoms with Crippen molar-refractivity contribution in [3.8, 4) is 5.75 Å². The Morgan fingerprint density at radius 3 is 2.85 bits per heavy atom. The number of piperazine rings is 1. The molecule has 27 heavy (non-hydrogen) atoms. The largest absolute Gasteiger partial charge is 0.490 e. The Labute approximate surface area is 170 Å². The Balaban J connectivity index is 0.00000131.